The Hall–Kier alpha value is -3.26. The van der Waals surface area contributed by atoms with Crippen molar-refractivity contribution in [3.8, 4) is 0 Å². The lowest BCUT2D eigenvalue weighted by molar-refractivity contribution is 0.940. The fourth-order valence-electron chi connectivity index (χ4n) is 4.07. The molecule has 2 aliphatic rings. The van der Waals surface area contributed by atoms with Crippen LogP contribution in [0.3, 0.4) is 0 Å². The predicted molar refractivity (Wildman–Crippen MR) is 120 cm³/mol. The van der Waals surface area contributed by atoms with Crippen molar-refractivity contribution in [3.05, 3.63) is 106 Å². The van der Waals surface area contributed by atoms with Crippen molar-refractivity contribution < 1.29 is 0 Å². The minimum atomic E-state index is 0.192. The van der Waals surface area contributed by atoms with Crippen molar-refractivity contribution >= 4 is 23.5 Å². The number of nitrogens with one attached hydrogen (secondary N) is 2. The van der Waals surface area contributed by atoms with Gasteiger partial charge in [0.2, 0.25) is 0 Å². The molecule has 0 aromatic heterocycles. The van der Waals surface area contributed by atoms with Crippen LogP contribution in [0, 0.1) is 13.8 Å². The summed E-state index contributed by atoms with van der Waals surface area (Å²) < 4.78 is 0. The second-order valence-corrected chi connectivity index (χ2v) is 7.81. The summed E-state index contributed by atoms with van der Waals surface area (Å²) in [5, 5.41) is 7.33. The molecule has 0 saturated carbocycles. The van der Waals surface area contributed by atoms with Gasteiger partial charge in [-0.15, -0.1) is 0 Å². The molecule has 2 nitrogen and oxygen atoms in total. The SMILES string of the molecule is Cc1ccc2c(c1)C=CC(c1cccc(C3C=Cc4cc(C)ccc4N3)c1)N2. The van der Waals surface area contributed by atoms with Crippen LogP contribution in [0.4, 0.5) is 11.4 Å². The molecule has 2 N–H and O–H groups in total. The first-order valence-electron chi connectivity index (χ1n) is 9.86. The van der Waals surface area contributed by atoms with E-state index < -0.39 is 0 Å². The highest BCUT2D eigenvalue weighted by atomic mass is 14.9. The van der Waals surface area contributed by atoms with Crippen molar-refractivity contribution in [2.75, 3.05) is 10.6 Å². The minimum absolute atomic E-state index is 0.192. The lowest BCUT2D eigenvalue weighted by atomic mass is 9.94. The van der Waals surface area contributed by atoms with Crippen molar-refractivity contribution in [1.82, 2.24) is 0 Å². The number of hydrogen-bond donors (Lipinski definition) is 2. The van der Waals surface area contributed by atoms with E-state index in [0.717, 1.165) is 0 Å². The highest BCUT2D eigenvalue weighted by molar-refractivity contribution is 5.73. The fourth-order valence-corrected chi connectivity index (χ4v) is 4.07. The van der Waals surface area contributed by atoms with Crippen LogP contribution in [0.2, 0.25) is 0 Å². The first-order valence-corrected chi connectivity index (χ1v) is 9.86. The molecule has 138 valence electrons. The van der Waals surface area contributed by atoms with Gasteiger partial charge in [-0.3, -0.25) is 0 Å². The monoisotopic (exact) mass is 364 g/mol. The number of aryl methyl sites for hydroxylation is 2. The summed E-state index contributed by atoms with van der Waals surface area (Å²) in [6.07, 6.45) is 8.97. The molecule has 5 rings (SSSR count). The average Bonchev–Trinajstić information content (AvgIpc) is 2.73. The quantitative estimate of drug-likeness (QED) is 0.531. The van der Waals surface area contributed by atoms with E-state index in [1.54, 1.807) is 0 Å². The van der Waals surface area contributed by atoms with Crippen molar-refractivity contribution in [2.24, 2.45) is 0 Å². The topological polar surface area (TPSA) is 24.1 Å². The van der Waals surface area contributed by atoms with Gasteiger partial charge in [-0.25, -0.2) is 0 Å². The van der Waals surface area contributed by atoms with E-state index in [2.05, 4.69) is 109 Å². The Bertz CT molecular complexity index is 1020. The molecule has 0 amide bonds. The van der Waals surface area contributed by atoms with Gasteiger partial charge in [-0.05, 0) is 60.4 Å². The molecule has 3 aromatic carbocycles. The smallest absolute Gasteiger partial charge is 0.0701 e. The van der Waals surface area contributed by atoms with Gasteiger partial charge in [0.15, 0.2) is 0 Å². The maximum absolute atomic E-state index is 3.67. The Morgan fingerprint density at radius 3 is 1.61 bits per heavy atom. The zero-order valence-electron chi connectivity index (χ0n) is 16.2. The van der Waals surface area contributed by atoms with Gasteiger partial charge in [0.05, 0.1) is 12.1 Å². The van der Waals surface area contributed by atoms with E-state index in [9.17, 15) is 0 Å². The summed E-state index contributed by atoms with van der Waals surface area (Å²) in [5.41, 5.74) is 10.1. The summed E-state index contributed by atoms with van der Waals surface area (Å²) in [4.78, 5) is 0. The number of benzene rings is 3. The van der Waals surface area contributed by atoms with Gasteiger partial charge in [-0.1, -0.05) is 71.8 Å². The summed E-state index contributed by atoms with van der Waals surface area (Å²) in [5.74, 6) is 0. The molecule has 2 heterocycles. The summed E-state index contributed by atoms with van der Waals surface area (Å²) >= 11 is 0. The van der Waals surface area contributed by atoms with Crippen LogP contribution >= 0.6 is 0 Å². The lowest BCUT2D eigenvalue weighted by Gasteiger charge is -2.26. The normalized spacial score (nSPS) is 19.4. The van der Waals surface area contributed by atoms with Crippen LogP contribution in [-0.2, 0) is 0 Å². The molecule has 0 fully saturated rings. The maximum Gasteiger partial charge on any atom is 0.0701 e. The third-order valence-electron chi connectivity index (χ3n) is 5.60. The number of rotatable bonds is 2. The molecule has 3 aromatic rings. The molecular weight excluding hydrogens is 340 g/mol. The van der Waals surface area contributed by atoms with E-state index in [1.165, 1.54) is 44.8 Å². The maximum atomic E-state index is 3.67. The van der Waals surface area contributed by atoms with Crippen LogP contribution in [-0.4, -0.2) is 0 Å². The molecule has 0 bridgehead atoms. The van der Waals surface area contributed by atoms with Crippen LogP contribution in [0.1, 0.15) is 45.5 Å². The van der Waals surface area contributed by atoms with E-state index in [1.807, 2.05) is 0 Å². The zero-order valence-corrected chi connectivity index (χ0v) is 16.2. The van der Waals surface area contributed by atoms with E-state index in [4.69, 9.17) is 0 Å². The molecule has 0 aliphatic carbocycles. The molecule has 0 spiro atoms. The predicted octanol–water partition coefficient (Wildman–Crippen LogP) is 6.66. The van der Waals surface area contributed by atoms with Gasteiger partial charge >= 0.3 is 0 Å². The Labute approximate surface area is 166 Å². The summed E-state index contributed by atoms with van der Waals surface area (Å²) in [7, 11) is 0. The van der Waals surface area contributed by atoms with Crippen LogP contribution in [0.25, 0.3) is 12.2 Å². The Morgan fingerprint density at radius 2 is 1.11 bits per heavy atom. The number of hydrogen-bond acceptors (Lipinski definition) is 2. The van der Waals surface area contributed by atoms with Gasteiger partial charge in [0, 0.05) is 11.4 Å². The first kappa shape index (κ1) is 16.9. The molecule has 2 atom stereocenters. The van der Waals surface area contributed by atoms with E-state index >= 15 is 0 Å². The van der Waals surface area contributed by atoms with E-state index in [0.29, 0.717) is 0 Å². The second-order valence-electron chi connectivity index (χ2n) is 7.81. The van der Waals surface area contributed by atoms with Crippen LogP contribution in [0.15, 0.2) is 72.8 Å². The van der Waals surface area contributed by atoms with Gasteiger partial charge in [0.1, 0.15) is 0 Å². The molecular formula is C26H24N2. The van der Waals surface area contributed by atoms with E-state index in [-0.39, 0.29) is 12.1 Å². The number of fused-ring (bicyclic) bond motifs is 2. The summed E-state index contributed by atoms with van der Waals surface area (Å²) in [6.45, 7) is 4.27. The van der Waals surface area contributed by atoms with Crippen molar-refractivity contribution in [3.63, 3.8) is 0 Å². The largest absolute Gasteiger partial charge is 0.374 e. The van der Waals surface area contributed by atoms with Gasteiger partial charge in [0.25, 0.3) is 0 Å². The Kier molecular flexibility index (Phi) is 4.05. The zero-order chi connectivity index (χ0) is 19.1. The molecule has 0 saturated heterocycles. The van der Waals surface area contributed by atoms with Crippen molar-refractivity contribution in [2.45, 2.75) is 25.9 Å². The Balaban J connectivity index is 1.41. The number of anilines is 2. The second kappa shape index (κ2) is 6.72. The highest BCUT2D eigenvalue weighted by Gasteiger charge is 2.18. The van der Waals surface area contributed by atoms with Gasteiger partial charge < -0.3 is 10.6 Å². The van der Waals surface area contributed by atoms with Crippen molar-refractivity contribution in [1.29, 1.82) is 0 Å². The molecule has 2 heteroatoms. The average molecular weight is 364 g/mol. The standard InChI is InChI=1S/C26H24N2/c1-17-6-10-23-21(14-17)8-12-25(27-23)19-4-3-5-20(16-19)26-13-9-22-15-18(2)7-11-24(22)28-26/h3-16,25-28H,1-2H3. The molecule has 2 unspecified atom stereocenters. The van der Waals surface area contributed by atoms with Gasteiger partial charge in [-0.2, -0.15) is 0 Å². The highest BCUT2D eigenvalue weighted by Crippen LogP contribution is 2.34. The minimum Gasteiger partial charge on any atom is -0.374 e. The summed E-state index contributed by atoms with van der Waals surface area (Å²) in [6, 6.07) is 22.4. The first-order chi connectivity index (χ1) is 13.7. The third kappa shape index (κ3) is 3.11. The van der Waals surface area contributed by atoms with Crippen LogP contribution in [0.5, 0.6) is 0 Å². The molecule has 2 aliphatic heterocycles. The van der Waals surface area contributed by atoms with Crippen LogP contribution < -0.4 is 10.6 Å². The fraction of sp³-hybridized carbons (Fsp3) is 0.154. The molecule has 0 radical (unpaired) electrons. The Morgan fingerprint density at radius 1 is 0.607 bits per heavy atom. The lowest BCUT2D eigenvalue weighted by Crippen LogP contribution is -2.15. The molecule has 28 heavy (non-hydrogen) atoms. The third-order valence-corrected chi connectivity index (χ3v) is 5.60.